The molecule has 0 N–H and O–H groups in total. The van der Waals surface area contributed by atoms with Crippen molar-refractivity contribution in [2.45, 2.75) is 46.6 Å². The maximum Gasteiger partial charge on any atom is 0.231 e. The van der Waals surface area contributed by atoms with Gasteiger partial charge in [-0.2, -0.15) is 0 Å². The normalized spacial score (nSPS) is 32.8. The lowest BCUT2D eigenvalue weighted by atomic mass is 9.64. The molecule has 3 fully saturated rings. The maximum atomic E-state index is 13.6. The van der Waals surface area contributed by atoms with Crippen molar-refractivity contribution < 1.29 is 19.1 Å². The number of hydrogen-bond donors (Lipinski definition) is 0. The molecular formula is C23H30N2O4. The van der Waals surface area contributed by atoms with Crippen LogP contribution in [0, 0.1) is 16.2 Å². The van der Waals surface area contributed by atoms with E-state index in [1.54, 1.807) is 0 Å². The van der Waals surface area contributed by atoms with Gasteiger partial charge in [0, 0.05) is 44.6 Å². The summed E-state index contributed by atoms with van der Waals surface area (Å²) in [5.41, 5.74) is 0.0849. The van der Waals surface area contributed by atoms with E-state index in [0.29, 0.717) is 13.2 Å². The van der Waals surface area contributed by atoms with Gasteiger partial charge in [-0.15, -0.1) is 0 Å². The van der Waals surface area contributed by atoms with Crippen molar-refractivity contribution in [3.05, 3.63) is 23.8 Å². The molecular weight excluding hydrogens is 368 g/mol. The molecule has 6 nitrogen and oxygen atoms in total. The van der Waals surface area contributed by atoms with E-state index >= 15 is 0 Å². The summed E-state index contributed by atoms with van der Waals surface area (Å²) in [5.74, 6) is 2.11. The first kappa shape index (κ1) is 18.9. The first-order chi connectivity index (χ1) is 13.8. The van der Waals surface area contributed by atoms with E-state index < -0.39 is 5.41 Å². The van der Waals surface area contributed by atoms with E-state index in [9.17, 15) is 9.59 Å². The molecule has 4 aliphatic rings. The summed E-state index contributed by atoms with van der Waals surface area (Å²) in [5, 5.41) is 0. The highest BCUT2D eigenvalue weighted by atomic mass is 16.7. The number of ketones is 1. The van der Waals surface area contributed by atoms with Crippen LogP contribution in [0.25, 0.3) is 0 Å². The van der Waals surface area contributed by atoms with Crippen molar-refractivity contribution in [3.8, 4) is 11.5 Å². The molecule has 1 aromatic carbocycles. The molecule has 1 aromatic rings. The van der Waals surface area contributed by atoms with E-state index in [0.717, 1.165) is 57.1 Å². The first-order valence-electron chi connectivity index (χ1n) is 10.7. The van der Waals surface area contributed by atoms with Crippen molar-refractivity contribution in [1.82, 2.24) is 9.80 Å². The van der Waals surface area contributed by atoms with Crippen molar-refractivity contribution in [3.63, 3.8) is 0 Å². The van der Waals surface area contributed by atoms with Crippen LogP contribution in [0.3, 0.4) is 0 Å². The fourth-order valence-corrected chi connectivity index (χ4v) is 6.04. The summed E-state index contributed by atoms with van der Waals surface area (Å²) >= 11 is 0. The summed E-state index contributed by atoms with van der Waals surface area (Å²) in [7, 11) is 0. The number of ether oxygens (including phenoxy) is 2. The van der Waals surface area contributed by atoms with Gasteiger partial charge in [0.2, 0.25) is 12.7 Å². The standard InChI is InChI=1S/C23H30N2O4/c1-21(2)22(3)6-7-23(21,13-19(22)26)20(27)25-10-8-24(9-11-25)14-16-4-5-17-18(12-16)29-15-28-17/h4-5,12H,6-11,13-15H2,1-3H3/t22-,23+/m1/s1. The second-order valence-corrected chi connectivity index (χ2v) is 9.90. The summed E-state index contributed by atoms with van der Waals surface area (Å²) in [6.45, 7) is 10.6. The Balaban J connectivity index is 1.24. The fraction of sp³-hybridized carbons (Fsp3) is 0.652. The number of fused-ring (bicyclic) bond motifs is 3. The second-order valence-electron chi connectivity index (χ2n) is 9.90. The van der Waals surface area contributed by atoms with E-state index in [4.69, 9.17) is 9.47 Å². The summed E-state index contributed by atoms with van der Waals surface area (Å²) in [6.07, 6.45) is 2.11. The third-order valence-corrected chi connectivity index (χ3v) is 8.62. The number of carbonyl (C=O) groups is 2. The van der Waals surface area contributed by atoms with Gasteiger partial charge in [-0.1, -0.05) is 26.8 Å². The summed E-state index contributed by atoms with van der Waals surface area (Å²) < 4.78 is 10.9. The minimum atomic E-state index is -0.502. The van der Waals surface area contributed by atoms with Crippen LogP contribution in [0.15, 0.2) is 18.2 Å². The van der Waals surface area contributed by atoms with E-state index in [-0.39, 0.29) is 22.5 Å². The smallest absolute Gasteiger partial charge is 0.231 e. The zero-order chi connectivity index (χ0) is 20.4. The molecule has 6 heteroatoms. The van der Waals surface area contributed by atoms with Gasteiger partial charge in [0.1, 0.15) is 5.78 Å². The zero-order valence-electron chi connectivity index (χ0n) is 17.6. The largest absolute Gasteiger partial charge is 0.454 e. The van der Waals surface area contributed by atoms with Crippen LogP contribution in [-0.4, -0.2) is 54.5 Å². The highest BCUT2D eigenvalue weighted by Crippen LogP contribution is 2.71. The molecule has 0 aromatic heterocycles. The van der Waals surface area contributed by atoms with Gasteiger partial charge < -0.3 is 14.4 Å². The zero-order valence-corrected chi connectivity index (χ0v) is 17.6. The molecule has 2 aliphatic carbocycles. The number of carbonyl (C=O) groups excluding carboxylic acids is 2. The number of amides is 1. The topological polar surface area (TPSA) is 59.1 Å². The first-order valence-corrected chi connectivity index (χ1v) is 10.7. The monoisotopic (exact) mass is 398 g/mol. The van der Waals surface area contributed by atoms with Gasteiger partial charge in [0.15, 0.2) is 11.5 Å². The Labute approximate surface area is 172 Å². The Kier molecular flexibility index (Phi) is 4.05. The Bertz CT molecular complexity index is 874. The molecule has 0 radical (unpaired) electrons. The predicted molar refractivity (Wildman–Crippen MR) is 108 cm³/mol. The van der Waals surface area contributed by atoms with Gasteiger partial charge in [0.05, 0.1) is 5.41 Å². The number of hydrogen-bond acceptors (Lipinski definition) is 5. The van der Waals surface area contributed by atoms with Crippen LogP contribution in [0.5, 0.6) is 11.5 Å². The molecule has 1 saturated heterocycles. The van der Waals surface area contributed by atoms with E-state index in [2.05, 4.69) is 31.7 Å². The van der Waals surface area contributed by atoms with Crippen LogP contribution in [0.1, 0.15) is 45.6 Å². The molecule has 0 spiro atoms. The second kappa shape index (κ2) is 6.21. The minimum absolute atomic E-state index is 0.208. The molecule has 0 unspecified atom stereocenters. The quantitative estimate of drug-likeness (QED) is 0.784. The van der Waals surface area contributed by atoms with Gasteiger partial charge in [-0.3, -0.25) is 14.5 Å². The Morgan fingerprint density at radius 2 is 1.76 bits per heavy atom. The Morgan fingerprint density at radius 1 is 1.03 bits per heavy atom. The van der Waals surface area contributed by atoms with Gasteiger partial charge in [-0.05, 0) is 36.0 Å². The predicted octanol–water partition coefficient (Wildman–Crippen LogP) is 2.85. The number of Topliss-reactive ketones (excluding diaryl/α,β-unsaturated/α-hetero) is 1. The van der Waals surface area contributed by atoms with Crippen LogP contribution < -0.4 is 9.47 Å². The number of nitrogens with zero attached hydrogens (tertiary/aromatic N) is 2. The molecule has 2 atom stereocenters. The number of benzene rings is 1. The lowest BCUT2D eigenvalue weighted by Gasteiger charge is -2.44. The highest BCUT2D eigenvalue weighted by Gasteiger charge is 2.73. The summed E-state index contributed by atoms with van der Waals surface area (Å²) in [6, 6.07) is 6.09. The van der Waals surface area contributed by atoms with Crippen LogP contribution in [0.2, 0.25) is 0 Å². The van der Waals surface area contributed by atoms with E-state index in [1.165, 1.54) is 5.56 Å². The molecule has 156 valence electrons. The van der Waals surface area contributed by atoms with Crippen molar-refractivity contribution >= 4 is 11.7 Å². The number of piperazine rings is 1. The van der Waals surface area contributed by atoms with Gasteiger partial charge in [0.25, 0.3) is 0 Å². The Hall–Kier alpha value is -2.08. The van der Waals surface area contributed by atoms with Crippen molar-refractivity contribution in [1.29, 1.82) is 0 Å². The molecule has 1 amide bonds. The van der Waals surface area contributed by atoms with E-state index in [1.807, 2.05) is 17.0 Å². The third kappa shape index (κ3) is 2.51. The maximum absolute atomic E-state index is 13.6. The lowest BCUT2D eigenvalue weighted by molar-refractivity contribution is -0.149. The minimum Gasteiger partial charge on any atom is -0.454 e. The van der Waals surface area contributed by atoms with Crippen LogP contribution in [0.4, 0.5) is 0 Å². The molecule has 29 heavy (non-hydrogen) atoms. The number of rotatable bonds is 3. The third-order valence-electron chi connectivity index (χ3n) is 8.62. The molecule has 2 saturated carbocycles. The SMILES string of the molecule is CC1(C)[C@@]2(C(=O)N3CCN(Cc4ccc5c(c4)OCO5)CC3)CC[C@]1(C)C(=O)C2. The molecule has 5 rings (SSSR count). The Morgan fingerprint density at radius 3 is 2.41 bits per heavy atom. The molecule has 2 aliphatic heterocycles. The van der Waals surface area contributed by atoms with Crippen LogP contribution >= 0.6 is 0 Å². The van der Waals surface area contributed by atoms with Crippen LogP contribution in [-0.2, 0) is 16.1 Å². The fourth-order valence-electron chi connectivity index (χ4n) is 6.04. The van der Waals surface area contributed by atoms with Gasteiger partial charge >= 0.3 is 0 Å². The van der Waals surface area contributed by atoms with Crippen molar-refractivity contribution in [2.24, 2.45) is 16.2 Å². The van der Waals surface area contributed by atoms with Gasteiger partial charge in [-0.25, -0.2) is 0 Å². The lowest BCUT2D eigenvalue weighted by Crippen LogP contribution is -2.55. The molecule has 2 bridgehead atoms. The average molecular weight is 399 g/mol. The van der Waals surface area contributed by atoms with Crippen molar-refractivity contribution in [2.75, 3.05) is 33.0 Å². The summed E-state index contributed by atoms with van der Waals surface area (Å²) in [4.78, 5) is 30.7. The molecule has 2 heterocycles. The average Bonchev–Trinajstić information content (AvgIpc) is 3.29. The highest BCUT2D eigenvalue weighted by molar-refractivity contribution is 5.99.